The molecular formula is C24H23N3OS. The third kappa shape index (κ3) is 3.76. The summed E-state index contributed by atoms with van der Waals surface area (Å²) in [5.74, 6) is 0.705. The van der Waals surface area contributed by atoms with Crippen LogP contribution in [0.3, 0.4) is 0 Å². The van der Waals surface area contributed by atoms with Crippen molar-refractivity contribution in [3.63, 3.8) is 0 Å². The van der Waals surface area contributed by atoms with E-state index in [0.29, 0.717) is 12.4 Å². The Labute approximate surface area is 173 Å². The molecule has 0 aliphatic heterocycles. The molecule has 2 aromatic carbocycles. The van der Waals surface area contributed by atoms with Crippen LogP contribution in [0.5, 0.6) is 0 Å². The molecule has 0 saturated carbocycles. The Kier molecular flexibility index (Phi) is 5.00. The van der Waals surface area contributed by atoms with Crippen LogP contribution >= 0.6 is 11.3 Å². The Hall–Kier alpha value is -2.76. The molecule has 2 heterocycles. The molecular weight excluding hydrogens is 378 g/mol. The summed E-state index contributed by atoms with van der Waals surface area (Å²) in [6.07, 6.45) is 4.12. The van der Waals surface area contributed by atoms with Crippen molar-refractivity contribution in [2.45, 2.75) is 38.3 Å². The summed E-state index contributed by atoms with van der Waals surface area (Å²) in [4.78, 5) is 22.7. The van der Waals surface area contributed by atoms with Crippen molar-refractivity contribution in [2.75, 3.05) is 0 Å². The maximum absolute atomic E-state index is 12.7. The first-order valence-corrected chi connectivity index (χ1v) is 11.0. The highest BCUT2D eigenvalue weighted by atomic mass is 32.1. The summed E-state index contributed by atoms with van der Waals surface area (Å²) in [6.45, 7) is 0.528. The number of aromatic nitrogens is 2. The SMILES string of the molecule is O=c1[nH]c(CN[C@@H](Cc2ccccc2)c2ccccc2)nc2sc3c(c12)CCC3. The zero-order chi connectivity index (χ0) is 19.6. The minimum Gasteiger partial charge on any atom is -0.309 e. The first-order chi connectivity index (χ1) is 14.3. The van der Waals surface area contributed by atoms with E-state index in [2.05, 4.69) is 58.8 Å². The second-order valence-corrected chi connectivity index (χ2v) is 8.67. The number of aromatic amines is 1. The van der Waals surface area contributed by atoms with E-state index in [0.717, 1.165) is 35.9 Å². The van der Waals surface area contributed by atoms with E-state index in [1.165, 1.54) is 21.6 Å². The molecule has 1 atom stereocenters. The van der Waals surface area contributed by atoms with Crippen LogP contribution in [0.2, 0.25) is 0 Å². The minimum atomic E-state index is 0.00511. The van der Waals surface area contributed by atoms with Crippen LogP contribution in [0.4, 0.5) is 0 Å². The largest absolute Gasteiger partial charge is 0.309 e. The van der Waals surface area contributed by atoms with Crippen molar-refractivity contribution >= 4 is 21.6 Å². The number of hydrogen-bond acceptors (Lipinski definition) is 4. The van der Waals surface area contributed by atoms with Crippen molar-refractivity contribution in [1.29, 1.82) is 0 Å². The van der Waals surface area contributed by atoms with E-state index in [1.54, 1.807) is 11.3 Å². The molecule has 0 amide bonds. The van der Waals surface area contributed by atoms with Gasteiger partial charge < -0.3 is 10.3 Å². The Morgan fingerprint density at radius 1 is 1.03 bits per heavy atom. The van der Waals surface area contributed by atoms with Gasteiger partial charge in [-0.25, -0.2) is 4.98 Å². The average molecular weight is 402 g/mol. The molecule has 4 aromatic rings. The van der Waals surface area contributed by atoms with E-state index >= 15 is 0 Å². The van der Waals surface area contributed by atoms with Crippen LogP contribution in [0.25, 0.3) is 10.2 Å². The Balaban J connectivity index is 1.40. The highest BCUT2D eigenvalue weighted by molar-refractivity contribution is 7.18. The average Bonchev–Trinajstić information content (AvgIpc) is 3.33. The van der Waals surface area contributed by atoms with Crippen molar-refractivity contribution in [3.8, 4) is 0 Å². The van der Waals surface area contributed by atoms with Gasteiger partial charge in [0.15, 0.2) is 0 Å². The molecule has 0 saturated heterocycles. The maximum atomic E-state index is 12.7. The maximum Gasteiger partial charge on any atom is 0.259 e. The molecule has 5 rings (SSSR count). The van der Waals surface area contributed by atoms with Gasteiger partial charge in [0.25, 0.3) is 5.56 Å². The van der Waals surface area contributed by atoms with E-state index in [-0.39, 0.29) is 11.6 Å². The van der Waals surface area contributed by atoms with Crippen molar-refractivity contribution in [2.24, 2.45) is 0 Å². The summed E-state index contributed by atoms with van der Waals surface area (Å²) in [5, 5.41) is 4.43. The predicted octanol–water partition coefficient (Wildman–Crippen LogP) is 4.55. The number of hydrogen-bond donors (Lipinski definition) is 2. The third-order valence-electron chi connectivity index (χ3n) is 5.62. The highest BCUT2D eigenvalue weighted by Crippen LogP contribution is 2.34. The van der Waals surface area contributed by atoms with Gasteiger partial charge in [-0.2, -0.15) is 0 Å². The molecule has 2 aromatic heterocycles. The number of nitrogens with zero attached hydrogens (tertiary/aromatic N) is 1. The van der Waals surface area contributed by atoms with Crippen LogP contribution in [0.15, 0.2) is 65.5 Å². The molecule has 0 bridgehead atoms. The van der Waals surface area contributed by atoms with Crippen LogP contribution in [-0.4, -0.2) is 9.97 Å². The van der Waals surface area contributed by atoms with Crippen LogP contribution < -0.4 is 10.9 Å². The summed E-state index contributed by atoms with van der Waals surface area (Å²) >= 11 is 1.69. The van der Waals surface area contributed by atoms with E-state index < -0.39 is 0 Å². The van der Waals surface area contributed by atoms with E-state index in [9.17, 15) is 4.79 Å². The number of aryl methyl sites for hydroxylation is 2. The monoisotopic (exact) mass is 401 g/mol. The standard InChI is InChI=1S/C24H23N3OS/c28-23-22-18-12-7-13-20(18)29-24(22)27-21(26-23)15-25-19(17-10-5-2-6-11-17)14-16-8-3-1-4-9-16/h1-6,8-11,19,25H,7,12-15H2,(H,26,27,28)/t19-/m0/s1. The summed E-state index contributed by atoms with van der Waals surface area (Å²) in [6, 6.07) is 21.1. The molecule has 0 fully saturated rings. The first-order valence-electron chi connectivity index (χ1n) is 10.1. The fourth-order valence-electron chi connectivity index (χ4n) is 4.19. The minimum absolute atomic E-state index is 0.00511. The van der Waals surface area contributed by atoms with Gasteiger partial charge in [0.2, 0.25) is 0 Å². The molecule has 5 heteroatoms. The van der Waals surface area contributed by atoms with Crippen molar-refractivity contribution in [3.05, 3.63) is 98.4 Å². The second kappa shape index (κ2) is 7.93. The van der Waals surface area contributed by atoms with Crippen LogP contribution in [0, 0.1) is 0 Å². The van der Waals surface area contributed by atoms with Crippen LogP contribution in [0.1, 0.15) is 39.9 Å². The molecule has 0 unspecified atom stereocenters. The fraction of sp³-hybridized carbons (Fsp3) is 0.250. The number of fused-ring (bicyclic) bond motifs is 3. The number of nitrogens with one attached hydrogen (secondary N) is 2. The number of rotatable bonds is 6. The quantitative estimate of drug-likeness (QED) is 0.498. The van der Waals surface area contributed by atoms with Gasteiger partial charge in [0, 0.05) is 10.9 Å². The Morgan fingerprint density at radius 2 is 1.79 bits per heavy atom. The van der Waals surface area contributed by atoms with E-state index in [1.807, 2.05) is 12.1 Å². The Morgan fingerprint density at radius 3 is 2.59 bits per heavy atom. The van der Waals surface area contributed by atoms with Gasteiger partial charge in [0.05, 0.1) is 11.9 Å². The molecule has 1 aliphatic rings. The van der Waals surface area contributed by atoms with Gasteiger partial charge in [0.1, 0.15) is 10.7 Å². The fourth-order valence-corrected chi connectivity index (χ4v) is 5.47. The lowest BCUT2D eigenvalue weighted by Gasteiger charge is -2.19. The first kappa shape index (κ1) is 18.3. The number of benzene rings is 2. The van der Waals surface area contributed by atoms with E-state index in [4.69, 9.17) is 4.98 Å². The van der Waals surface area contributed by atoms with Gasteiger partial charge in [-0.3, -0.25) is 4.79 Å². The van der Waals surface area contributed by atoms with Gasteiger partial charge >= 0.3 is 0 Å². The molecule has 0 radical (unpaired) electrons. The lowest BCUT2D eigenvalue weighted by Crippen LogP contribution is -2.25. The summed E-state index contributed by atoms with van der Waals surface area (Å²) in [7, 11) is 0. The lowest BCUT2D eigenvalue weighted by atomic mass is 9.99. The Bertz CT molecular complexity index is 1180. The molecule has 2 N–H and O–H groups in total. The van der Waals surface area contributed by atoms with Crippen LogP contribution in [-0.2, 0) is 25.8 Å². The normalized spacial score (nSPS) is 14.2. The second-order valence-electron chi connectivity index (χ2n) is 7.58. The predicted molar refractivity (Wildman–Crippen MR) is 118 cm³/mol. The molecule has 146 valence electrons. The molecule has 0 spiro atoms. The summed E-state index contributed by atoms with van der Waals surface area (Å²) < 4.78 is 0. The zero-order valence-electron chi connectivity index (χ0n) is 16.2. The van der Waals surface area contributed by atoms with Crippen molar-refractivity contribution in [1.82, 2.24) is 15.3 Å². The number of thiophene rings is 1. The topological polar surface area (TPSA) is 57.8 Å². The molecule has 4 nitrogen and oxygen atoms in total. The smallest absolute Gasteiger partial charge is 0.259 e. The van der Waals surface area contributed by atoms with Crippen molar-refractivity contribution < 1.29 is 0 Å². The molecule has 1 aliphatic carbocycles. The van der Waals surface area contributed by atoms with Gasteiger partial charge in [-0.1, -0.05) is 60.7 Å². The third-order valence-corrected chi connectivity index (χ3v) is 6.81. The lowest BCUT2D eigenvalue weighted by molar-refractivity contribution is 0.519. The summed E-state index contributed by atoms with van der Waals surface area (Å²) in [5.41, 5.74) is 3.74. The number of H-pyrrole nitrogens is 1. The van der Waals surface area contributed by atoms with Gasteiger partial charge in [-0.15, -0.1) is 11.3 Å². The highest BCUT2D eigenvalue weighted by Gasteiger charge is 2.21. The van der Waals surface area contributed by atoms with Gasteiger partial charge in [-0.05, 0) is 42.4 Å². The zero-order valence-corrected chi connectivity index (χ0v) is 17.0. The molecule has 29 heavy (non-hydrogen) atoms.